The molecule has 2 saturated carbocycles. The van der Waals surface area contributed by atoms with Crippen LogP contribution in [0.4, 0.5) is 75.4 Å². The first kappa shape index (κ1) is 44.8. The van der Waals surface area contributed by atoms with Gasteiger partial charge in [-0.05, 0) is 99.9 Å². The summed E-state index contributed by atoms with van der Waals surface area (Å²) in [4.78, 5) is 59.0. The van der Waals surface area contributed by atoms with Crippen LogP contribution in [-0.2, 0) is 43.9 Å². The largest absolute Gasteiger partial charge is 0.417 e. The fourth-order valence-electron chi connectivity index (χ4n) is 11.3. The summed E-state index contributed by atoms with van der Waals surface area (Å²) in [6.07, 6.45) is -19.1. The van der Waals surface area contributed by atoms with Crippen LogP contribution in [0, 0.1) is 52.8 Å². The molecule has 66 heavy (non-hydrogen) atoms. The molecule has 4 N–H and O–H groups in total. The molecule has 6 aliphatic rings. The van der Waals surface area contributed by atoms with Gasteiger partial charge in [-0.2, -0.15) is 52.7 Å². The number of carbonyl (C=O) groups excluding carboxylic acids is 4. The van der Waals surface area contributed by atoms with Gasteiger partial charge in [0.05, 0.1) is 57.3 Å². The molecule has 20 heteroatoms. The molecule has 2 bridgehead atoms. The van der Waals surface area contributed by atoms with E-state index in [-0.39, 0.29) is 11.4 Å². The number of allylic oxidation sites excluding steroid dienone is 2. The highest BCUT2D eigenvalue weighted by molar-refractivity contribution is 6.25. The molecule has 4 aliphatic carbocycles. The molecule has 4 amide bonds. The van der Waals surface area contributed by atoms with Gasteiger partial charge in [-0.3, -0.25) is 29.0 Å². The Morgan fingerprint density at radius 2 is 0.758 bits per heavy atom. The molecule has 10 rings (SSSR count). The second-order valence-electron chi connectivity index (χ2n) is 18.3. The lowest BCUT2D eigenvalue weighted by Gasteiger charge is -2.63. The molecule has 2 saturated heterocycles. The predicted molar refractivity (Wildman–Crippen MR) is 213 cm³/mol. The minimum atomic E-state index is -5.30. The average Bonchev–Trinajstić information content (AvgIpc) is 3.58. The Balaban J connectivity index is 1.09. The van der Waals surface area contributed by atoms with Crippen molar-refractivity contribution < 1.29 is 71.9 Å². The molecule has 8 nitrogen and oxygen atoms in total. The van der Waals surface area contributed by atoms with E-state index in [2.05, 4.69) is 0 Å². The average molecular weight is 935 g/mol. The number of alkyl halides is 12. The Morgan fingerprint density at radius 1 is 0.424 bits per heavy atom. The van der Waals surface area contributed by atoms with Crippen LogP contribution in [-0.4, -0.2) is 23.6 Å². The Bertz CT molecular complexity index is 2840. The molecule has 8 atom stereocenters. The minimum Gasteiger partial charge on any atom is -0.399 e. The lowest BCUT2D eigenvalue weighted by atomic mass is 9.37. The summed E-state index contributed by atoms with van der Waals surface area (Å²) in [5.74, 6) is -12.5. The van der Waals surface area contributed by atoms with Gasteiger partial charge in [0, 0.05) is 11.4 Å². The second-order valence-corrected chi connectivity index (χ2v) is 18.3. The normalized spacial score (nSPS) is 26.4. The number of imide groups is 2. The third kappa shape index (κ3) is 6.59. The molecular formula is C46H34F12N4O4. The number of carbonyl (C=O) groups is 4. The molecule has 4 fully saturated rings. The molecular weight excluding hydrogens is 901 g/mol. The highest BCUT2D eigenvalue weighted by atomic mass is 19.4. The fraction of sp³-hybridized carbons (Fsp3) is 0.348. The van der Waals surface area contributed by atoms with Gasteiger partial charge in [0.15, 0.2) is 0 Å². The summed E-state index contributed by atoms with van der Waals surface area (Å²) in [5.41, 5.74) is -0.685. The van der Waals surface area contributed by atoms with Gasteiger partial charge < -0.3 is 11.5 Å². The van der Waals surface area contributed by atoms with Crippen LogP contribution in [0.2, 0.25) is 0 Å². The number of halogens is 12. The number of benzene rings is 4. The van der Waals surface area contributed by atoms with Gasteiger partial charge in [0.1, 0.15) is 0 Å². The van der Waals surface area contributed by atoms with Gasteiger partial charge in [0.25, 0.3) is 0 Å². The van der Waals surface area contributed by atoms with Crippen molar-refractivity contribution in [3.05, 3.63) is 107 Å². The van der Waals surface area contributed by atoms with Crippen LogP contribution in [0.5, 0.6) is 0 Å². The van der Waals surface area contributed by atoms with Gasteiger partial charge in [-0.1, -0.05) is 56.7 Å². The Hall–Kier alpha value is -6.34. The van der Waals surface area contributed by atoms with E-state index in [0.717, 1.165) is 42.5 Å². The van der Waals surface area contributed by atoms with Gasteiger partial charge in [-0.25, -0.2) is 0 Å². The number of fused-ring (bicyclic) bond motifs is 1. The summed E-state index contributed by atoms with van der Waals surface area (Å²) >= 11 is 0. The third-order valence-electron chi connectivity index (χ3n) is 13.7. The number of rotatable bonds is 4. The van der Waals surface area contributed by atoms with Crippen molar-refractivity contribution in [3.63, 3.8) is 0 Å². The number of hydrogen-bond donors (Lipinski definition) is 2. The van der Waals surface area contributed by atoms with Gasteiger partial charge in [0.2, 0.25) is 23.6 Å². The van der Waals surface area contributed by atoms with Crippen LogP contribution >= 0.6 is 0 Å². The summed E-state index contributed by atoms with van der Waals surface area (Å²) in [6.45, 7) is 5.33. The number of anilines is 4. The summed E-state index contributed by atoms with van der Waals surface area (Å²) in [6, 6.07) is 8.54. The van der Waals surface area contributed by atoms with Crippen LogP contribution in [0.15, 0.2) is 84.4 Å². The van der Waals surface area contributed by atoms with Crippen molar-refractivity contribution in [3.8, 4) is 22.3 Å². The van der Waals surface area contributed by atoms with Crippen molar-refractivity contribution in [1.82, 2.24) is 0 Å². The molecule has 346 valence electrons. The van der Waals surface area contributed by atoms with Crippen LogP contribution < -0.4 is 21.3 Å². The smallest absolute Gasteiger partial charge is 0.399 e. The molecule has 0 radical (unpaired) electrons. The zero-order valence-electron chi connectivity index (χ0n) is 34.3. The number of hydrogen-bond acceptors (Lipinski definition) is 6. The molecule has 4 aromatic rings. The van der Waals surface area contributed by atoms with Crippen molar-refractivity contribution in [2.45, 2.75) is 45.5 Å². The predicted octanol–water partition coefficient (Wildman–Crippen LogP) is 10.6. The van der Waals surface area contributed by atoms with E-state index in [0.29, 0.717) is 45.7 Å². The molecule has 2 heterocycles. The fourth-order valence-corrected chi connectivity index (χ4v) is 11.3. The Kier molecular flexibility index (Phi) is 9.57. The zero-order chi connectivity index (χ0) is 48.3. The highest BCUT2D eigenvalue weighted by Gasteiger charge is 2.77. The summed E-state index contributed by atoms with van der Waals surface area (Å²) < 4.78 is 173. The van der Waals surface area contributed by atoms with Crippen LogP contribution in [0.1, 0.15) is 43.0 Å². The number of nitrogens with two attached hydrogens (primary N) is 2. The molecule has 4 aromatic carbocycles. The van der Waals surface area contributed by atoms with Crippen LogP contribution in [0.25, 0.3) is 22.3 Å². The first-order valence-corrected chi connectivity index (χ1v) is 20.3. The van der Waals surface area contributed by atoms with Crippen molar-refractivity contribution in [2.24, 2.45) is 52.8 Å². The monoisotopic (exact) mass is 934 g/mol. The molecule has 0 spiro atoms. The lowest BCUT2D eigenvalue weighted by Crippen LogP contribution is -2.65. The topological polar surface area (TPSA) is 127 Å². The lowest BCUT2D eigenvalue weighted by molar-refractivity contribution is -0.170. The zero-order valence-corrected chi connectivity index (χ0v) is 34.3. The summed E-state index contributed by atoms with van der Waals surface area (Å²) in [7, 11) is 0. The quantitative estimate of drug-likeness (QED) is 0.0908. The Morgan fingerprint density at radius 3 is 1.14 bits per heavy atom. The van der Waals surface area contributed by atoms with E-state index in [1.165, 1.54) is 0 Å². The maximum atomic E-state index is 14.8. The van der Waals surface area contributed by atoms with Crippen molar-refractivity contribution in [2.75, 3.05) is 21.3 Å². The van der Waals surface area contributed by atoms with E-state index in [4.69, 9.17) is 11.5 Å². The summed E-state index contributed by atoms with van der Waals surface area (Å²) in [5, 5.41) is 0. The van der Waals surface area contributed by atoms with Crippen molar-refractivity contribution >= 4 is 46.4 Å². The van der Waals surface area contributed by atoms with Gasteiger partial charge >= 0.3 is 24.7 Å². The van der Waals surface area contributed by atoms with E-state index >= 15 is 0 Å². The molecule has 0 aromatic heterocycles. The molecule has 8 unspecified atom stereocenters. The third-order valence-corrected chi connectivity index (χ3v) is 13.7. The number of nitrogen functional groups attached to an aromatic ring is 2. The first-order chi connectivity index (χ1) is 30.4. The van der Waals surface area contributed by atoms with Gasteiger partial charge in [-0.15, -0.1) is 0 Å². The number of nitrogens with zero attached hydrogens (tertiary/aromatic N) is 2. The standard InChI is InChI=1S/C46H34F12N4O4/c1-42(2,3)30-16-25-31-34(37-35(31)39(64)62(41(37)66)20-7-11-24(29(15-20)46(56,57)58)22-9-5-18(60)13-27(22)44(50,51)52)33(30)36-32(25)38(63)61(40(36)65)19-6-10-23(28(14-19)45(53,54)55)21-8-4-17(59)12-26(21)43(47,48)49/h4-16,25,31-37H,59-60H2,1-3H3. The van der Waals surface area contributed by atoms with Crippen LogP contribution in [0.3, 0.4) is 0 Å². The van der Waals surface area contributed by atoms with E-state index < -0.39 is 157 Å². The van der Waals surface area contributed by atoms with Crippen molar-refractivity contribution in [1.29, 1.82) is 0 Å². The van der Waals surface area contributed by atoms with E-state index in [1.807, 2.05) is 0 Å². The maximum absolute atomic E-state index is 14.8. The minimum absolute atomic E-state index is 0.370. The second kappa shape index (κ2) is 14.1. The maximum Gasteiger partial charge on any atom is 0.417 e. The highest BCUT2D eigenvalue weighted by Crippen LogP contribution is 2.71. The number of amides is 4. The first-order valence-electron chi connectivity index (χ1n) is 20.3. The Labute approximate surface area is 366 Å². The molecule has 2 aliphatic heterocycles. The SMILES string of the molecule is CC(C)(C)C1=CC2C3C(=O)N(c4ccc(-c5ccc(N)cc5C(F)(F)F)c(C(F)(F)F)c4)C(=O)C3C1C1C3C(=O)N(c4ccc(-c5ccc(N)cc5C(F)(F)F)c(C(F)(F)F)c4)C(=O)C3C21. The van der Waals surface area contributed by atoms with E-state index in [9.17, 15) is 71.9 Å². The van der Waals surface area contributed by atoms with E-state index in [1.54, 1.807) is 26.8 Å².